The fourth-order valence-electron chi connectivity index (χ4n) is 1.74. The molecule has 18 heavy (non-hydrogen) atoms. The zero-order valence-corrected chi connectivity index (χ0v) is 10.9. The van der Waals surface area contributed by atoms with Gasteiger partial charge in [0.15, 0.2) is 0 Å². The Labute approximate surface area is 106 Å². The van der Waals surface area contributed by atoms with Gasteiger partial charge in [-0.05, 0) is 31.9 Å². The highest BCUT2D eigenvalue weighted by Crippen LogP contribution is 2.16. The van der Waals surface area contributed by atoms with Crippen LogP contribution in [0.25, 0.3) is 0 Å². The van der Waals surface area contributed by atoms with Gasteiger partial charge in [0.2, 0.25) is 5.91 Å². The maximum Gasteiger partial charge on any atom is 0.303 e. The highest BCUT2D eigenvalue weighted by molar-refractivity contribution is 5.77. The molecule has 1 rings (SSSR count). The van der Waals surface area contributed by atoms with Gasteiger partial charge in [-0.1, -0.05) is 6.92 Å². The molecule has 0 aliphatic heterocycles. The number of carboxylic acid groups (broad SMARTS) is 1. The van der Waals surface area contributed by atoms with Crippen LogP contribution < -0.4 is 5.32 Å². The lowest BCUT2D eigenvalue weighted by Crippen LogP contribution is -2.28. The van der Waals surface area contributed by atoms with Crippen LogP contribution >= 0.6 is 0 Å². The molecule has 2 atom stereocenters. The number of nitrogens with one attached hydrogen (secondary N) is 1. The van der Waals surface area contributed by atoms with Crippen LogP contribution in [0, 0.1) is 12.8 Å². The molecule has 0 aliphatic carbocycles. The molecule has 0 aromatic carbocycles. The van der Waals surface area contributed by atoms with Gasteiger partial charge in [0.25, 0.3) is 0 Å². The number of furan rings is 1. The van der Waals surface area contributed by atoms with E-state index >= 15 is 0 Å². The molecule has 100 valence electrons. The molecule has 1 heterocycles. The number of aliphatic carboxylic acids is 1. The van der Waals surface area contributed by atoms with Crippen LogP contribution in [0.5, 0.6) is 0 Å². The van der Waals surface area contributed by atoms with Crippen LogP contribution in [0.15, 0.2) is 16.5 Å². The smallest absolute Gasteiger partial charge is 0.303 e. The van der Waals surface area contributed by atoms with E-state index in [0.717, 1.165) is 5.76 Å². The number of carboxylic acids is 1. The molecule has 0 spiro atoms. The third-order valence-corrected chi connectivity index (χ3v) is 2.62. The number of carbonyl (C=O) groups is 2. The summed E-state index contributed by atoms with van der Waals surface area (Å²) in [7, 11) is 0. The summed E-state index contributed by atoms with van der Waals surface area (Å²) in [5.74, 6) is 0.278. The fourth-order valence-corrected chi connectivity index (χ4v) is 1.74. The molecular formula is C13H19NO4. The molecule has 5 nitrogen and oxygen atoms in total. The number of carbonyl (C=O) groups excluding carboxylic acids is 1. The molecule has 1 aromatic rings. The van der Waals surface area contributed by atoms with Gasteiger partial charge in [-0.15, -0.1) is 0 Å². The first-order valence-corrected chi connectivity index (χ1v) is 5.96. The van der Waals surface area contributed by atoms with Gasteiger partial charge in [-0.3, -0.25) is 9.59 Å². The van der Waals surface area contributed by atoms with Crippen LogP contribution in [0.1, 0.15) is 44.3 Å². The summed E-state index contributed by atoms with van der Waals surface area (Å²) < 4.78 is 5.41. The lowest BCUT2D eigenvalue weighted by Gasteiger charge is -2.13. The third-order valence-electron chi connectivity index (χ3n) is 2.62. The maximum absolute atomic E-state index is 11.7. The van der Waals surface area contributed by atoms with Gasteiger partial charge in [0.05, 0.1) is 6.04 Å². The number of hydrogen-bond donors (Lipinski definition) is 2. The predicted molar refractivity (Wildman–Crippen MR) is 66.0 cm³/mol. The highest BCUT2D eigenvalue weighted by atomic mass is 16.4. The maximum atomic E-state index is 11.7. The summed E-state index contributed by atoms with van der Waals surface area (Å²) in [6.45, 7) is 5.42. The van der Waals surface area contributed by atoms with Gasteiger partial charge < -0.3 is 14.8 Å². The number of rotatable bonds is 6. The SMILES string of the molecule is Cc1ccc(C(C)NC(=O)CC(C)CC(=O)O)o1. The number of aryl methyl sites for hydroxylation is 1. The van der Waals surface area contributed by atoms with Crippen molar-refractivity contribution < 1.29 is 19.1 Å². The summed E-state index contributed by atoms with van der Waals surface area (Å²) >= 11 is 0. The average molecular weight is 253 g/mol. The van der Waals surface area contributed by atoms with E-state index < -0.39 is 5.97 Å². The molecule has 0 aliphatic rings. The van der Waals surface area contributed by atoms with Crippen LogP contribution in [0.4, 0.5) is 0 Å². The molecule has 0 saturated carbocycles. The Morgan fingerprint density at radius 1 is 1.33 bits per heavy atom. The second kappa shape index (κ2) is 6.23. The van der Waals surface area contributed by atoms with Crippen molar-refractivity contribution in [1.82, 2.24) is 5.32 Å². The van der Waals surface area contributed by atoms with E-state index in [1.165, 1.54) is 0 Å². The molecule has 1 aromatic heterocycles. The van der Waals surface area contributed by atoms with E-state index in [4.69, 9.17) is 9.52 Å². The highest BCUT2D eigenvalue weighted by Gasteiger charge is 2.16. The van der Waals surface area contributed by atoms with E-state index in [2.05, 4.69) is 5.32 Å². The van der Waals surface area contributed by atoms with E-state index in [-0.39, 0.29) is 30.7 Å². The van der Waals surface area contributed by atoms with E-state index in [1.807, 2.05) is 26.0 Å². The lowest BCUT2D eigenvalue weighted by molar-refractivity contribution is -0.138. The Balaban J connectivity index is 2.42. The molecule has 2 N–H and O–H groups in total. The van der Waals surface area contributed by atoms with Crippen molar-refractivity contribution in [3.63, 3.8) is 0 Å². The minimum absolute atomic E-state index is 0.00165. The molecule has 5 heteroatoms. The van der Waals surface area contributed by atoms with Crippen LogP contribution in [0.3, 0.4) is 0 Å². The quantitative estimate of drug-likeness (QED) is 0.815. The predicted octanol–water partition coefficient (Wildman–Crippen LogP) is 2.27. The fraction of sp³-hybridized carbons (Fsp3) is 0.538. The van der Waals surface area contributed by atoms with Crippen LogP contribution in [-0.4, -0.2) is 17.0 Å². The second-order valence-corrected chi connectivity index (χ2v) is 4.64. The largest absolute Gasteiger partial charge is 0.481 e. The molecule has 0 fully saturated rings. The molecular weight excluding hydrogens is 234 g/mol. The average Bonchev–Trinajstić information content (AvgIpc) is 2.62. The first-order chi connectivity index (χ1) is 8.38. The van der Waals surface area contributed by atoms with Crippen molar-refractivity contribution in [1.29, 1.82) is 0 Å². The van der Waals surface area contributed by atoms with Crippen LogP contribution in [-0.2, 0) is 9.59 Å². The van der Waals surface area contributed by atoms with Gasteiger partial charge in [-0.2, -0.15) is 0 Å². The van der Waals surface area contributed by atoms with Crippen molar-refractivity contribution >= 4 is 11.9 Å². The summed E-state index contributed by atoms with van der Waals surface area (Å²) in [6.07, 6.45) is 0.206. The molecule has 0 radical (unpaired) electrons. The Morgan fingerprint density at radius 2 is 2.00 bits per heavy atom. The van der Waals surface area contributed by atoms with Gasteiger partial charge in [-0.25, -0.2) is 0 Å². The standard InChI is InChI=1S/C13H19NO4/c1-8(7-13(16)17)6-12(15)14-10(3)11-5-4-9(2)18-11/h4-5,8,10H,6-7H2,1-3H3,(H,14,15)(H,16,17). The zero-order valence-electron chi connectivity index (χ0n) is 10.9. The molecule has 0 bridgehead atoms. The normalized spacial score (nSPS) is 13.9. The summed E-state index contributed by atoms with van der Waals surface area (Å²) in [6, 6.07) is 3.45. The summed E-state index contributed by atoms with van der Waals surface area (Å²) in [5.41, 5.74) is 0. The van der Waals surface area contributed by atoms with Crippen molar-refractivity contribution in [3.05, 3.63) is 23.7 Å². The summed E-state index contributed by atoms with van der Waals surface area (Å²) in [4.78, 5) is 22.2. The summed E-state index contributed by atoms with van der Waals surface area (Å²) in [5, 5.41) is 11.4. The molecule has 2 unspecified atom stereocenters. The van der Waals surface area contributed by atoms with Gasteiger partial charge in [0.1, 0.15) is 11.5 Å². The van der Waals surface area contributed by atoms with Crippen molar-refractivity contribution in [2.45, 2.75) is 39.7 Å². The number of hydrogen-bond acceptors (Lipinski definition) is 3. The number of amides is 1. The van der Waals surface area contributed by atoms with Gasteiger partial charge >= 0.3 is 5.97 Å². The zero-order chi connectivity index (χ0) is 13.7. The monoisotopic (exact) mass is 253 g/mol. The third kappa shape index (κ3) is 4.61. The Hall–Kier alpha value is -1.78. The minimum Gasteiger partial charge on any atom is -0.481 e. The van der Waals surface area contributed by atoms with E-state index in [1.54, 1.807) is 6.92 Å². The topological polar surface area (TPSA) is 79.5 Å². The Kier molecular flexibility index (Phi) is 4.95. The van der Waals surface area contributed by atoms with Crippen LogP contribution in [0.2, 0.25) is 0 Å². The Bertz CT molecular complexity index is 424. The first kappa shape index (κ1) is 14.3. The molecule has 0 saturated heterocycles. The first-order valence-electron chi connectivity index (χ1n) is 5.96. The van der Waals surface area contributed by atoms with Crippen molar-refractivity contribution in [2.24, 2.45) is 5.92 Å². The lowest BCUT2D eigenvalue weighted by atomic mass is 10.0. The Morgan fingerprint density at radius 3 is 2.50 bits per heavy atom. The van der Waals surface area contributed by atoms with Crippen molar-refractivity contribution in [2.75, 3.05) is 0 Å². The van der Waals surface area contributed by atoms with E-state index in [9.17, 15) is 9.59 Å². The van der Waals surface area contributed by atoms with Gasteiger partial charge in [0, 0.05) is 12.8 Å². The minimum atomic E-state index is -0.884. The van der Waals surface area contributed by atoms with E-state index in [0.29, 0.717) is 5.76 Å². The van der Waals surface area contributed by atoms with Crippen molar-refractivity contribution in [3.8, 4) is 0 Å². The second-order valence-electron chi connectivity index (χ2n) is 4.64. The molecule has 1 amide bonds.